The number of ether oxygens (including phenoxy) is 1. The molecule has 7 nitrogen and oxygen atoms in total. The molecular weight excluding hydrogens is 534 g/mol. The Bertz CT molecular complexity index is 940. The molecule has 2 aromatic carbocycles. The summed E-state index contributed by atoms with van der Waals surface area (Å²) < 4.78 is 7.21. The minimum absolute atomic E-state index is 0.0140. The number of aromatic hydroxyl groups is 1. The number of hydrogen-bond acceptors (Lipinski definition) is 5. The third-order valence-corrected chi connectivity index (χ3v) is 5.98. The summed E-state index contributed by atoms with van der Waals surface area (Å²) in [6.45, 7) is 3.62. The molecule has 2 rings (SSSR count). The zero-order valence-corrected chi connectivity index (χ0v) is 20.6. The zero-order valence-electron chi connectivity index (χ0n) is 17.4. The van der Waals surface area contributed by atoms with Crippen LogP contribution < -0.4 is 4.74 Å². The summed E-state index contributed by atoms with van der Waals surface area (Å²) in [5.74, 6) is -0.145. The minimum Gasteiger partial charge on any atom is -0.508 e. The predicted molar refractivity (Wildman–Crippen MR) is 124 cm³/mol. The molecule has 1 amide bonds. The molecule has 0 fully saturated rings. The van der Waals surface area contributed by atoms with Crippen LogP contribution in [0.2, 0.25) is 0 Å². The van der Waals surface area contributed by atoms with Gasteiger partial charge in [-0.3, -0.25) is 4.79 Å². The van der Waals surface area contributed by atoms with E-state index in [1.165, 1.54) is 7.05 Å². The molecule has 9 heteroatoms. The maximum Gasteiger partial charge on any atom is 0.326 e. The fourth-order valence-electron chi connectivity index (χ4n) is 3.07. The van der Waals surface area contributed by atoms with E-state index in [9.17, 15) is 19.8 Å². The number of aliphatic hydroxyl groups is 1. The average Bonchev–Trinajstić information content (AvgIpc) is 2.69. The molecule has 0 aromatic heterocycles. The molecule has 0 unspecified atom stereocenters. The molecule has 0 saturated carbocycles. The van der Waals surface area contributed by atoms with Crippen LogP contribution in [-0.4, -0.2) is 51.8 Å². The van der Waals surface area contributed by atoms with E-state index in [0.29, 0.717) is 26.0 Å². The number of carboxylic acids is 1. The van der Waals surface area contributed by atoms with Crippen LogP contribution in [0.25, 0.3) is 0 Å². The van der Waals surface area contributed by atoms with Gasteiger partial charge in [-0.15, -0.1) is 0 Å². The molecule has 0 aliphatic heterocycles. The topological polar surface area (TPSA) is 107 Å². The summed E-state index contributed by atoms with van der Waals surface area (Å²) in [7, 11) is 1.41. The van der Waals surface area contributed by atoms with Gasteiger partial charge in [-0.25, -0.2) is 4.79 Å². The highest BCUT2D eigenvalue weighted by Crippen LogP contribution is 2.39. The summed E-state index contributed by atoms with van der Waals surface area (Å²) >= 11 is 6.93. The molecule has 0 aliphatic carbocycles. The van der Waals surface area contributed by atoms with Gasteiger partial charge < -0.3 is 25.0 Å². The Kier molecular flexibility index (Phi) is 8.90. The Balaban J connectivity index is 2.21. The van der Waals surface area contributed by atoms with E-state index in [0.717, 1.165) is 10.5 Å². The van der Waals surface area contributed by atoms with Gasteiger partial charge in [0.2, 0.25) is 5.91 Å². The lowest BCUT2D eigenvalue weighted by molar-refractivity contribution is -0.149. The Morgan fingerprint density at radius 1 is 1.13 bits per heavy atom. The van der Waals surface area contributed by atoms with Crippen molar-refractivity contribution in [3.63, 3.8) is 0 Å². The summed E-state index contributed by atoms with van der Waals surface area (Å²) in [5.41, 5.74) is 1.43. The molecule has 0 spiro atoms. The largest absolute Gasteiger partial charge is 0.508 e. The molecule has 31 heavy (non-hydrogen) atoms. The molecule has 0 radical (unpaired) electrons. The molecule has 0 saturated heterocycles. The van der Waals surface area contributed by atoms with Crippen molar-refractivity contribution >= 4 is 43.7 Å². The Morgan fingerprint density at radius 3 is 2.26 bits per heavy atom. The van der Waals surface area contributed by atoms with Crippen molar-refractivity contribution in [3.8, 4) is 17.2 Å². The molecule has 1 atom stereocenters. The molecule has 3 N–H and O–H groups in total. The fraction of sp³-hybridized carbons (Fsp3) is 0.364. The van der Waals surface area contributed by atoms with Gasteiger partial charge in [0.1, 0.15) is 17.5 Å². The van der Waals surface area contributed by atoms with E-state index in [1.54, 1.807) is 30.3 Å². The first-order valence-electron chi connectivity index (χ1n) is 9.63. The van der Waals surface area contributed by atoms with Gasteiger partial charge in [0, 0.05) is 25.6 Å². The number of amides is 1. The Hall–Kier alpha value is -2.10. The van der Waals surface area contributed by atoms with Gasteiger partial charge in [-0.2, -0.15) is 0 Å². The van der Waals surface area contributed by atoms with Gasteiger partial charge >= 0.3 is 5.97 Å². The zero-order chi connectivity index (χ0) is 23.3. The van der Waals surface area contributed by atoms with E-state index in [4.69, 9.17) is 9.84 Å². The van der Waals surface area contributed by atoms with E-state index in [1.807, 2.05) is 13.8 Å². The summed E-state index contributed by atoms with van der Waals surface area (Å²) in [5, 5.41) is 28.3. The van der Waals surface area contributed by atoms with Crippen LogP contribution in [-0.2, 0) is 16.0 Å². The average molecular weight is 559 g/mol. The number of rotatable bonds is 9. The quantitative estimate of drug-likeness (QED) is 0.413. The van der Waals surface area contributed by atoms with Gasteiger partial charge in [0.25, 0.3) is 0 Å². The third kappa shape index (κ3) is 6.44. The predicted octanol–water partition coefficient (Wildman–Crippen LogP) is 4.67. The second-order valence-corrected chi connectivity index (χ2v) is 9.12. The number of aliphatic hydroxyl groups excluding tert-OH is 1. The summed E-state index contributed by atoms with van der Waals surface area (Å²) in [6.07, 6.45) is -0.0529. The minimum atomic E-state index is -1.16. The Morgan fingerprint density at radius 2 is 1.74 bits per heavy atom. The van der Waals surface area contributed by atoms with E-state index < -0.39 is 12.0 Å². The van der Waals surface area contributed by atoms with E-state index in [2.05, 4.69) is 31.9 Å². The lowest BCUT2D eigenvalue weighted by Gasteiger charge is -2.24. The van der Waals surface area contributed by atoms with Crippen LogP contribution in [0.5, 0.6) is 17.2 Å². The highest BCUT2D eigenvalue weighted by Gasteiger charge is 2.26. The number of likely N-dealkylation sites (N-methyl/N-ethyl adjacent to an activating group) is 1. The van der Waals surface area contributed by atoms with Crippen molar-refractivity contribution < 1.29 is 29.6 Å². The number of benzene rings is 2. The van der Waals surface area contributed by atoms with Crippen molar-refractivity contribution in [1.29, 1.82) is 0 Å². The number of carboxylic acid groups (broad SMARTS) is 1. The lowest BCUT2D eigenvalue weighted by atomic mass is 10.0. The van der Waals surface area contributed by atoms with E-state index >= 15 is 0 Å². The third-order valence-electron chi connectivity index (χ3n) is 4.80. The second-order valence-electron chi connectivity index (χ2n) is 7.41. The first-order valence-corrected chi connectivity index (χ1v) is 11.2. The lowest BCUT2D eigenvalue weighted by Crippen LogP contribution is -2.43. The highest BCUT2D eigenvalue weighted by atomic mass is 79.9. The number of nitrogens with zero attached hydrogens (tertiary/aromatic N) is 1. The smallest absolute Gasteiger partial charge is 0.326 e. The standard InChI is InChI=1S/C22H25Br2NO6/c1-12(2)15-11-14(4-5-19(15)27)31-21-16(23)8-13(9-17(21)24)10-20(28)25(3)18(6-7-26)22(29)30/h4-5,8-9,11-12,18,26-27H,6-7,10H2,1-3H3,(H,29,30)/t18-/m1/s1. The first-order chi connectivity index (χ1) is 14.5. The molecular formula is C22H25Br2NO6. The van der Waals surface area contributed by atoms with Crippen molar-refractivity contribution in [3.05, 3.63) is 50.4 Å². The van der Waals surface area contributed by atoms with Crippen LogP contribution in [0.4, 0.5) is 0 Å². The number of hydrogen-bond donors (Lipinski definition) is 3. The van der Waals surface area contributed by atoms with Crippen LogP contribution >= 0.6 is 31.9 Å². The number of aliphatic carboxylic acids is 1. The normalized spacial score (nSPS) is 12.0. The maximum absolute atomic E-state index is 12.6. The molecule has 0 bridgehead atoms. The summed E-state index contributed by atoms with van der Waals surface area (Å²) in [4.78, 5) is 25.0. The highest BCUT2D eigenvalue weighted by molar-refractivity contribution is 9.11. The van der Waals surface area contributed by atoms with Crippen molar-refractivity contribution in [2.45, 2.75) is 38.6 Å². The number of carbonyl (C=O) groups is 2. The number of phenols is 1. The first kappa shape index (κ1) is 25.2. The summed E-state index contributed by atoms with van der Waals surface area (Å²) in [6, 6.07) is 7.41. The van der Waals surface area contributed by atoms with Gasteiger partial charge in [0.05, 0.1) is 15.4 Å². The molecule has 0 heterocycles. The SMILES string of the molecule is CC(C)c1cc(Oc2c(Br)cc(CC(=O)N(C)[C@H](CCO)C(=O)O)cc2Br)ccc1O. The van der Waals surface area contributed by atoms with E-state index in [-0.39, 0.29) is 37.0 Å². The van der Waals surface area contributed by atoms with Crippen LogP contribution in [0.15, 0.2) is 39.3 Å². The van der Waals surface area contributed by atoms with Crippen LogP contribution in [0.3, 0.4) is 0 Å². The fourth-order valence-corrected chi connectivity index (χ4v) is 4.51. The monoisotopic (exact) mass is 557 g/mol. The number of phenolic OH excluding ortho intramolecular Hbond substituents is 1. The molecule has 168 valence electrons. The van der Waals surface area contributed by atoms with Crippen LogP contribution in [0, 0.1) is 0 Å². The Labute approximate surface area is 197 Å². The second kappa shape index (κ2) is 11.0. The number of carbonyl (C=O) groups excluding carboxylic acids is 1. The molecule has 2 aromatic rings. The van der Waals surface area contributed by atoms with Crippen molar-refractivity contribution in [1.82, 2.24) is 4.90 Å². The van der Waals surface area contributed by atoms with Gasteiger partial charge in [-0.05, 0) is 73.7 Å². The van der Waals surface area contributed by atoms with Gasteiger partial charge in [0.15, 0.2) is 5.75 Å². The maximum atomic E-state index is 12.6. The van der Waals surface area contributed by atoms with Crippen molar-refractivity contribution in [2.75, 3.05) is 13.7 Å². The van der Waals surface area contributed by atoms with Gasteiger partial charge in [-0.1, -0.05) is 13.8 Å². The van der Waals surface area contributed by atoms with Crippen LogP contribution in [0.1, 0.15) is 37.3 Å². The molecule has 0 aliphatic rings. The van der Waals surface area contributed by atoms with Crippen molar-refractivity contribution in [2.24, 2.45) is 0 Å². The number of halogens is 2.